The van der Waals surface area contributed by atoms with Crippen molar-refractivity contribution in [1.82, 2.24) is 9.55 Å². The number of nitrogen functional groups attached to an aromatic ring is 1. The Bertz CT molecular complexity index is 587. The van der Waals surface area contributed by atoms with Crippen LogP contribution in [0.5, 0.6) is 0 Å². The van der Waals surface area contributed by atoms with Crippen LogP contribution in [0.25, 0.3) is 11.3 Å². The van der Waals surface area contributed by atoms with Crippen molar-refractivity contribution in [3.05, 3.63) is 35.1 Å². The van der Waals surface area contributed by atoms with Crippen LogP contribution in [0.2, 0.25) is 5.02 Å². The zero-order chi connectivity index (χ0) is 14.7. The van der Waals surface area contributed by atoms with E-state index in [2.05, 4.69) is 25.3 Å². The van der Waals surface area contributed by atoms with E-state index in [4.69, 9.17) is 22.3 Å². The van der Waals surface area contributed by atoms with E-state index in [-0.39, 0.29) is 0 Å². The number of benzene rings is 1. The lowest BCUT2D eigenvalue weighted by atomic mass is 10.1. The number of imidazole rings is 1. The number of rotatable bonds is 5. The molecule has 1 aromatic heterocycles. The molecule has 0 spiro atoms. The Morgan fingerprint density at radius 3 is 2.70 bits per heavy atom. The first-order valence-electron chi connectivity index (χ1n) is 7.16. The van der Waals surface area contributed by atoms with Crippen molar-refractivity contribution in [3.63, 3.8) is 0 Å². The monoisotopic (exact) mass is 291 g/mol. The molecule has 20 heavy (non-hydrogen) atoms. The lowest BCUT2D eigenvalue weighted by Gasteiger charge is -2.11. The molecule has 0 amide bonds. The van der Waals surface area contributed by atoms with Gasteiger partial charge in [0.1, 0.15) is 17.3 Å². The summed E-state index contributed by atoms with van der Waals surface area (Å²) >= 11 is 6.06. The van der Waals surface area contributed by atoms with E-state index in [9.17, 15) is 0 Å². The van der Waals surface area contributed by atoms with Crippen LogP contribution >= 0.6 is 11.6 Å². The van der Waals surface area contributed by atoms with Gasteiger partial charge in [-0.2, -0.15) is 0 Å². The van der Waals surface area contributed by atoms with E-state index in [1.165, 1.54) is 0 Å². The Labute approximate surface area is 125 Å². The Kier molecular flexibility index (Phi) is 4.71. The average molecular weight is 292 g/mol. The molecule has 0 aliphatic heterocycles. The summed E-state index contributed by atoms with van der Waals surface area (Å²) in [4.78, 5) is 4.75. The summed E-state index contributed by atoms with van der Waals surface area (Å²) in [6.07, 6.45) is 2.25. The summed E-state index contributed by atoms with van der Waals surface area (Å²) < 4.78 is 2.14. The minimum absolute atomic E-state index is 0.349. The van der Waals surface area contributed by atoms with Gasteiger partial charge in [0.2, 0.25) is 0 Å². The molecule has 0 saturated heterocycles. The van der Waals surface area contributed by atoms with Crippen LogP contribution in [0.3, 0.4) is 0 Å². The van der Waals surface area contributed by atoms with Gasteiger partial charge in [0.25, 0.3) is 0 Å². The molecular weight excluding hydrogens is 270 g/mol. The first-order valence-corrected chi connectivity index (χ1v) is 7.54. The highest BCUT2D eigenvalue weighted by Crippen LogP contribution is 2.31. The van der Waals surface area contributed by atoms with Crippen LogP contribution in [-0.2, 0) is 6.54 Å². The molecule has 0 aliphatic carbocycles. The molecule has 0 unspecified atom stereocenters. The summed E-state index contributed by atoms with van der Waals surface area (Å²) in [7, 11) is 0. The molecule has 0 bridgehead atoms. The van der Waals surface area contributed by atoms with Crippen LogP contribution in [-0.4, -0.2) is 9.55 Å². The van der Waals surface area contributed by atoms with Crippen molar-refractivity contribution in [2.75, 3.05) is 5.73 Å². The zero-order valence-corrected chi connectivity index (χ0v) is 13.1. The molecule has 2 aromatic rings. The number of halogens is 1. The van der Waals surface area contributed by atoms with Crippen molar-refractivity contribution in [3.8, 4) is 11.3 Å². The van der Waals surface area contributed by atoms with Gasteiger partial charge in [-0.25, -0.2) is 4.98 Å². The van der Waals surface area contributed by atoms with E-state index in [1.54, 1.807) is 0 Å². The minimum atomic E-state index is 0.349. The predicted molar refractivity (Wildman–Crippen MR) is 86.1 cm³/mol. The molecule has 108 valence electrons. The maximum Gasteiger partial charge on any atom is 0.131 e. The van der Waals surface area contributed by atoms with Gasteiger partial charge in [-0.05, 0) is 18.6 Å². The molecule has 3 nitrogen and oxygen atoms in total. The Morgan fingerprint density at radius 2 is 2.10 bits per heavy atom. The number of nitrogens with zero attached hydrogens (tertiary/aromatic N) is 2. The number of aromatic nitrogens is 2. The second-order valence-corrected chi connectivity index (χ2v) is 5.81. The summed E-state index contributed by atoms with van der Waals surface area (Å²) in [6.45, 7) is 7.39. The second kappa shape index (κ2) is 6.31. The smallest absolute Gasteiger partial charge is 0.131 e. The van der Waals surface area contributed by atoms with Gasteiger partial charge in [-0.15, -0.1) is 0 Å². The highest BCUT2D eigenvalue weighted by molar-refractivity contribution is 6.30. The molecular formula is C16H22ClN3. The van der Waals surface area contributed by atoms with E-state index in [0.29, 0.717) is 10.9 Å². The predicted octanol–water partition coefficient (Wildman–Crippen LogP) is 4.71. The molecule has 2 N–H and O–H groups in total. The number of nitrogens with two attached hydrogens (primary N) is 1. The van der Waals surface area contributed by atoms with E-state index >= 15 is 0 Å². The topological polar surface area (TPSA) is 43.8 Å². The molecule has 1 heterocycles. The molecule has 0 radical (unpaired) electrons. The first kappa shape index (κ1) is 14.9. The summed E-state index contributed by atoms with van der Waals surface area (Å²) in [6, 6.07) is 7.70. The third-order valence-electron chi connectivity index (χ3n) is 3.39. The number of hydrogen-bond donors (Lipinski definition) is 1. The fraction of sp³-hybridized carbons (Fsp3) is 0.438. The lowest BCUT2D eigenvalue weighted by molar-refractivity contribution is 0.588. The van der Waals surface area contributed by atoms with Crippen molar-refractivity contribution in [1.29, 1.82) is 0 Å². The molecule has 1 aromatic carbocycles. The molecule has 0 saturated carbocycles. The van der Waals surface area contributed by atoms with Gasteiger partial charge in [-0.3, -0.25) is 0 Å². The largest absolute Gasteiger partial charge is 0.383 e. The van der Waals surface area contributed by atoms with Crippen molar-refractivity contribution in [2.24, 2.45) is 0 Å². The van der Waals surface area contributed by atoms with E-state index in [1.807, 2.05) is 24.3 Å². The highest BCUT2D eigenvalue weighted by Gasteiger charge is 2.18. The van der Waals surface area contributed by atoms with E-state index < -0.39 is 0 Å². The van der Waals surface area contributed by atoms with E-state index in [0.717, 1.165) is 42.3 Å². The maximum atomic E-state index is 6.32. The van der Waals surface area contributed by atoms with Gasteiger partial charge in [-0.1, -0.05) is 50.9 Å². The summed E-state index contributed by atoms with van der Waals surface area (Å²) in [5, 5.41) is 0.705. The fourth-order valence-electron chi connectivity index (χ4n) is 2.32. The van der Waals surface area contributed by atoms with Crippen molar-refractivity contribution in [2.45, 2.75) is 46.1 Å². The van der Waals surface area contributed by atoms with Gasteiger partial charge in [0.15, 0.2) is 0 Å². The normalized spacial score (nSPS) is 11.2. The fourth-order valence-corrected chi connectivity index (χ4v) is 2.51. The second-order valence-electron chi connectivity index (χ2n) is 5.37. The number of hydrogen-bond acceptors (Lipinski definition) is 2. The SMILES string of the molecule is CCCCn1c(C(C)C)nc(-c2cccc(Cl)c2)c1N. The molecule has 0 fully saturated rings. The van der Waals surface area contributed by atoms with Crippen LogP contribution < -0.4 is 5.73 Å². The van der Waals surface area contributed by atoms with Crippen LogP contribution in [0, 0.1) is 0 Å². The average Bonchev–Trinajstić information content (AvgIpc) is 2.74. The zero-order valence-electron chi connectivity index (χ0n) is 12.4. The quantitative estimate of drug-likeness (QED) is 0.867. The van der Waals surface area contributed by atoms with Gasteiger partial charge in [0.05, 0.1) is 0 Å². The Balaban J connectivity index is 2.49. The highest BCUT2D eigenvalue weighted by atomic mass is 35.5. The number of unbranched alkanes of at least 4 members (excludes halogenated alkanes) is 1. The summed E-state index contributed by atoms with van der Waals surface area (Å²) in [5.74, 6) is 2.14. The standard InChI is InChI=1S/C16H22ClN3/c1-4-5-9-20-15(18)14(19-16(20)11(2)3)12-7-6-8-13(17)10-12/h6-8,10-11H,4-5,9,18H2,1-3H3. The summed E-state index contributed by atoms with van der Waals surface area (Å²) in [5.41, 5.74) is 8.14. The van der Waals surface area contributed by atoms with Crippen molar-refractivity contribution >= 4 is 17.4 Å². The maximum absolute atomic E-state index is 6.32. The van der Waals surface area contributed by atoms with Gasteiger partial charge in [0, 0.05) is 23.0 Å². The lowest BCUT2D eigenvalue weighted by Crippen LogP contribution is -2.08. The molecule has 0 aliphatic rings. The first-order chi connectivity index (χ1) is 9.54. The Hall–Kier alpha value is -1.48. The molecule has 0 atom stereocenters. The third kappa shape index (κ3) is 2.98. The van der Waals surface area contributed by atoms with Crippen LogP contribution in [0.15, 0.2) is 24.3 Å². The van der Waals surface area contributed by atoms with Gasteiger partial charge >= 0.3 is 0 Å². The van der Waals surface area contributed by atoms with Gasteiger partial charge < -0.3 is 10.3 Å². The third-order valence-corrected chi connectivity index (χ3v) is 3.62. The van der Waals surface area contributed by atoms with Crippen LogP contribution in [0.4, 0.5) is 5.82 Å². The Morgan fingerprint density at radius 1 is 1.35 bits per heavy atom. The number of anilines is 1. The molecule has 4 heteroatoms. The van der Waals surface area contributed by atoms with Crippen molar-refractivity contribution < 1.29 is 0 Å². The van der Waals surface area contributed by atoms with Crippen LogP contribution in [0.1, 0.15) is 45.4 Å². The molecule has 2 rings (SSSR count). The minimum Gasteiger partial charge on any atom is -0.383 e.